The Labute approximate surface area is 206 Å². The van der Waals surface area contributed by atoms with Gasteiger partial charge in [0, 0.05) is 6.04 Å². The van der Waals surface area contributed by atoms with Crippen molar-refractivity contribution in [3.8, 4) is 10.7 Å². The lowest BCUT2D eigenvalue weighted by Crippen LogP contribution is -2.43. The number of carbonyl (C=O) groups excluding carboxylic acids is 2. The third-order valence-electron chi connectivity index (χ3n) is 7.62. The van der Waals surface area contributed by atoms with Crippen molar-refractivity contribution in [1.82, 2.24) is 14.8 Å². The summed E-state index contributed by atoms with van der Waals surface area (Å²) in [5.74, 6) is 3.08. The average molecular weight is 494 g/mol. The summed E-state index contributed by atoms with van der Waals surface area (Å²) in [4.78, 5) is 28.1. The lowest BCUT2D eigenvalue weighted by atomic mass is 9.84. The molecule has 3 aliphatic rings. The molecule has 0 saturated heterocycles. The summed E-state index contributed by atoms with van der Waals surface area (Å²) in [6.45, 7) is 2.33. The van der Waals surface area contributed by atoms with Crippen LogP contribution in [-0.4, -0.2) is 38.9 Å². The topological polar surface area (TPSA) is 80.1 Å². The van der Waals surface area contributed by atoms with Crippen LogP contribution < -0.4 is 10.2 Å². The van der Waals surface area contributed by atoms with Crippen LogP contribution in [0.15, 0.2) is 46.9 Å². The van der Waals surface area contributed by atoms with Crippen molar-refractivity contribution in [3.63, 3.8) is 0 Å². The third-order valence-corrected chi connectivity index (χ3v) is 9.42. The van der Waals surface area contributed by atoms with E-state index in [1.165, 1.54) is 37.4 Å². The minimum absolute atomic E-state index is 0.0328. The smallest absolute Gasteiger partial charge is 0.244 e. The van der Waals surface area contributed by atoms with E-state index in [-0.39, 0.29) is 30.2 Å². The number of rotatable bonds is 6. The number of para-hydroxylation sites is 2. The maximum Gasteiger partial charge on any atom is 0.244 e. The Balaban J connectivity index is 1.26. The fraction of sp³-hybridized carbons (Fsp3) is 0.440. The Morgan fingerprint density at radius 1 is 1.21 bits per heavy atom. The number of nitrogens with zero attached hydrogens (tertiary/aromatic N) is 4. The Bertz CT molecular complexity index is 1220. The normalized spacial score (nSPS) is 24.2. The van der Waals surface area contributed by atoms with Gasteiger partial charge in [-0.2, -0.15) is 0 Å². The van der Waals surface area contributed by atoms with Crippen molar-refractivity contribution in [1.29, 1.82) is 0 Å². The Hall–Kier alpha value is -2.65. The van der Waals surface area contributed by atoms with Crippen LogP contribution in [0, 0.1) is 17.8 Å². The van der Waals surface area contributed by atoms with E-state index in [2.05, 4.69) is 38.5 Å². The molecule has 1 aromatic carbocycles. The molecule has 9 heteroatoms. The number of thioether (sulfide) groups is 1. The number of thiophene rings is 1. The van der Waals surface area contributed by atoms with Crippen molar-refractivity contribution in [3.05, 3.63) is 41.8 Å². The SMILES string of the molecule is CC(C1CC2CCC1C2)n1c(SCC(=O)N2CC(=O)Nc3ccccc32)nnc1-c1cccs1. The average Bonchev–Trinajstić information content (AvgIpc) is 3.65. The molecule has 2 fully saturated rings. The Morgan fingerprint density at radius 2 is 2.09 bits per heavy atom. The number of benzene rings is 1. The van der Waals surface area contributed by atoms with Crippen LogP contribution in [0.25, 0.3) is 10.7 Å². The van der Waals surface area contributed by atoms with E-state index in [9.17, 15) is 9.59 Å². The molecule has 3 aromatic rings. The predicted molar refractivity (Wildman–Crippen MR) is 135 cm³/mol. The molecule has 0 spiro atoms. The van der Waals surface area contributed by atoms with Crippen molar-refractivity contribution < 1.29 is 9.59 Å². The van der Waals surface area contributed by atoms with Crippen LogP contribution in [0.5, 0.6) is 0 Å². The maximum absolute atomic E-state index is 13.2. The zero-order valence-electron chi connectivity index (χ0n) is 19.0. The van der Waals surface area contributed by atoms with E-state index < -0.39 is 0 Å². The highest BCUT2D eigenvalue weighted by Gasteiger charge is 2.43. The van der Waals surface area contributed by atoms with Gasteiger partial charge >= 0.3 is 0 Å². The lowest BCUT2D eigenvalue weighted by Gasteiger charge is -2.30. The van der Waals surface area contributed by atoms with Crippen LogP contribution in [-0.2, 0) is 9.59 Å². The standard InChI is InChI=1S/C25H27N5O2S2/c1-15(18-12-16-8-9-17(18)11-16)30-24(21-7-4-10-33-21)27-28-25(30)34-14-23(32)29-13-22(31)26-19-5-2-3-6-20(19)29/h2-7,10,15-18H,8-9,11-14H2,1H3,(H,26,31). The van der Waals surface area contributed by atoms with Crippen molar-refractivity contribution in [2.24, 2.45) is 17.8 Å². The van der Waals surface area contributed by atoms with E-state index in [4.69, 9.17) is 0 Å². The van der Waals surface area contributed by atoms with Crippen LogP contribution in [0.1, 0.15) is 38.6 Å². The number of nitrogens with one attached hydrogen (secondary N) is 1. The van der Waals surface area contributed by atoms with E-state index in [0.717, 1.165) is 33.4 Å². The van der Waals surface area contributed by atoms with Gasteiger partial charge in [0.2, 0.25) is 11.8 Å². The second-order valence-electron chi connectivity index (χ2n) is 9.57. The maximum atomic E-state index is 13.2. The molecule has 7 nitrogen and oxygen atoms in total. The Kier molecular flexibility index (Phi) is 5.69. The van der Waals surface area contributed by atoms with Gasteiger partial charge in [0.15, 0.2) is 11.0 Å². The predicted octanol–water partition coefficient (Wildman–Crippen LogP) is 5.08. The largest absolute Gasteiger partial charge is 0.323 e. The molecule has 4 atom stereocenters. The number of anilines is 2. The summed E-state index contributed by atoms with van der Waals surface area (Å²) in [6.07, 6.45) is 5.32. The van der Waals surface area contributed by atoms with E-state index in [0.29, 0.717) is 11.6 Å². The number of fused-ring (bicyclic) bond motifs is 3. The molecule has 1 N–H and O–H groups in total. The van der Waals surface area contributed by atoms with Gasteiger partial charge in [0.25, 0.3) is 0 Å². The number of hydrogen-bond acceptors (Lipinski definition) is 6. The second kappa shape index (κ2) is 8.85. The van der Waals surface area contributed by atoms with Crippen molar-refractivity contribution >= 4 is 46.3 Å². The summed E-state index contributed by atoms with van der Waals surface area (Å²) in [6, 6.07) is 11.8. The summed E-state index contributed by atoms with van der Waals surface area (Å²) in [5.41, 5.74) is 1.41. The van der Waals surface area contributed by atoms with Crippen LogP contribution in [0.3, 0.4) is 0 Å². The first-order chi connectivity index (χ1) is 16.6. The molecule has 0 radical (unpaired) electrons. The first-order valence-electron chi connectivity index (χ1n) is 11.9. The van der Waals surface area contributed by atoms with Crippen LogP contribution in [0.4, 0.5) is 11.4 Å². The minimum atomic E-state index is -0.176. The van der Waals surface area contributed by atoms with Crippen molar-refractivity contribution in [2.75, 3.05) is 22.5 Å². The zero-order valence-corrected chi connectivity index (χ0v) is 20.6. The van der Waals surface area contributed by atoms with E-state index in [1.807, 2.05) is 30.3 Å². The van der Waals surface area contributed by atoms with Gasteiger partial charge in [-0.15, -0.1) is 21.5 Å². The fourth-order valence-electron chi connectivity index (χ4n) is 6.05. The molecular formula is C25H27N5O2S2. The van der Waals surface area contributed by atoms with Gasteiger partial charge in [0.1, 0.15) is 6.54 Å². The van der Waals surface area contributed by atoms with Crippen LogP contribution in [0.2, 0.25) is 0 Å². The van der Waals surface area contributed by atoms with Gasteiger partial charge in [0.05, 0.1) is 22.0 Å². The molecule has 2 aromatic heterocycles. The molecule has 176 valence electrons. The summed E-state index contributed by atoms with van der Waals surface area (Å²) < 4.78 is 2.27. The summed E-state index contributed by atoms with van der Waals surface area (Å²) >= 11 is 3.09. The molecular weight excluding hydrogens is 466 g/mol. The van der Waals surface area contributed by atoms with Gasteiger partial charge in [-0.3, -0.25) is 14.2 Å². The highest BCUT2D eigenvalue weighted by Crippen LogP contribution is 2.53. The summed E-state index contributed by atoms with van der Waals surface area (Å²) in [5, 5.41) is 14.8. The minimum Gasteiger partial charge on any atom is -0.323 e. The van der Waals surface area contributed by atoms with E-state index in [1.54, 1.807) is 16.2 Å². The highest BCUT2D eigenvalue weighted by molar-refractivity contribution is 7.99. The highest BCUT2D eigenvalue weighted by atomic mass is 32.2. The molecule has 34 heavy (non-hydrogen) atoms. The van der Waals surface area contributed by atoms with Gasteiger partial charge in [-0.1, -0.05) is 36.4 Å². The number of amides is 2. The quantitative estimate of drug-likeness (QED) is 0.485. The van der Waals surface area contributed by atoms with Gasteiger partial charge in [-0.25, -0.2) is 0 Å². The summed E-state index contributed by atoms with van der Waals surface area (Å²) in [7, 11) is 0. The molecule has 2 aliphatic carbocycles. The molecule has 2 amide bonds. The monoisotopic (exact) mass is 493 g/mol. The second-order valence-corrected chi connectivity index (χ2v) is 11.5. The third kappa shape index (κ3) is 3.84. The molecule has 3 heterocycles. The molecule has 2 saturated carbocycles. The molecule has 2 bridgehead atoms. The van der Waals surface area contributed by atoms with Crippen molar-refractivity contribution in [2.45, 2.75) is 43.8 Å². The molecule has 4 unspecified atom stereocenters. The van der Waals surface area contributed by atoms with E-state index >= 15 is 0 Å². The molecule has 1 aliphatic heterocycles. The number of hydrogen-bond donors (Lipinski definition) is 1. The first-order valence-corrected chi connectivity index (χ1v) is 13.8. The fourth-order valence-corrected chi connectivity index (χ4v) is 7.66. The zero-order chi connectivity index (χ0) is 23.2. The number of aromatic nitrogens is 3. The first kappa shape index (κ1) is 21.9. The van der Waals surface area contributed by atoms with Gasteiger partial charge < -0.3 is 10.2 Å². The van der Waals surface area contributed by atoms with Crippen LogP contribution >= 0.6 is 23.1 Å². The Morgan fingerprint density at radius 3 is 2.85 bits per heavy atom. The number of carbonyl (C=O) groups is 2. The molecule has 6 rings (SSSR count). The van der Waals surface area contributed by atoms with Gasteiger partial charge in [-0.05, 0) is 67.5 Å². The lowest BCUT2D eigenvalue weighted by molar-refractivity contribution is -0.120.